The van der Waals surface area contributed by atoms with Gasteiger partial charge in [-0.3, -0.25) is 4.90 Å². The van der Waals surface area contributed by atoms with Gasteiger partial charge < -0.3 is 5.73 Å². The van der Waals surface area contributed by atoms with Crippen molar-refractivity contribution in [1.29, 1.82) is 0 Å². The molecule has 0 radical (unpaired) electrons. The first-order valence-corrected chi connectivity index (χ1v) is 8.54. The van der Waals surface area contributed by atoms with Crippen LogP contribution in [-0.4, -0.2) is 35.7 Å². The van der Waals surface area contributed by atoms with E-state index in [-0.39, 0.29) is 6.04 Å². The molecule has 0 spiro atoms. The molecule has 25 heavy (non-hydrogen) atoms. The number of nitrogens with zero attached hydrogens (tertiary/aromatic N) is 1. The third kappa shape index (κ3) is 4.22. The number of nitrogens with two attached hydrogens (primary N) is 1. The molecule has 0 aliphatic carbocycles. The van der Waals surface area contributed by atoms with Crippen LogP contribution in [0.15, 0.2) is 60.7 Å². The molecule has 1 aliphatic rings. The van der Waals surface area contributed by atoms with Gasteiger partial charge in [-0.25, -0.2) is 0 Å². The summed E-state index contributed by atoms with van der Waals surface area (Å²) in [6, 6.07) is 19.0. The number of rotatable bonds is 5. The van der Waals surface area contributed by atoms with Gasteiger partial charge in [-0.05, 0) is 30.4 Å². The van der Waals surface area contributed by atoms with Gasteiger partial charge in [0.15, 0.2) is 0 Å². The zero-order valence-corrected chi connectivity index (χ0v) is 14.0. The van der Waals surface area contributed by atoms with Gasteiger partial charge >= 0.3 is 6.18 Å². The maximum atomic E-state index is 13.2. The van der Waals surface area contributed by atoms with Gasteiger partial charge in [0.1, 0.15) is 0 Å². The van der Waals surface area contributed by atoms with Gasteiger partial charge in [0.25, 0.3) is 0 Å². The van der Waals surface area contributed by atoms with Crippen molar-refractivity contribution in [3.05, 3.63) is 71.8 Å². The summed E-state index contributed by atoms with van der Waals surface area (Å²) < 4.78 is 39.5. The van der Waals surface area contributed by atoms with E-state index in [9.17, 15) is 13.2 Å². The number of hydrogen-bond donors (Lipinski definition) is 1. The molecule has 0 saturated carbocycles. The Morgan fingerprint density at radius 2 is 1.40 bits per heavy atom. The molecule has 1 unspecified atom stereocenters. The minimum Gasteiger partial charge on any atom is -0.326 e. The first-order valence-electron chi connectivity index (χ1n) is 8.54. The minimum atomic E-state index is -4.23. The van der Waals surface area contributed by atoms with Crippen molar-refractivity contribution < 1.29 is 13.2 Å². The zero-order chi connectivity index (χ0) is 17.9. The first-order chi connectivity index (χ1) is 11.9. The lowest BCUT2D eigenvalue weighted by Gasteiger charge is -2.42. The van der Waals surface area contributed by atoms with Crippen LogP contribution in [0.1, 0.15) is 17.5 Å². The van der Waals surface area contributed by atoms with Crippen LogP contribution in [0.25, 0.3) is 0 Å². The summed E-state index contributed by atoms with van der Waals surface area (Å²) in [5, 5.41) is 0. The van der Waals surface area contributed by atoms with Crippen LogP contribution in [0.2, 0.25) is 0 Å². The van der Waals surface area contributed by atoms with Crippen molar-refractivity contribution in [2.24, 2.45) is 5.73 Å². The van der Waals surface area contributed by atoms with E-state index in [4.69, 9.17) is 5.73 Å². The van der Waals surface area contributed by atoms with Gasteiger partial charge in [-0.2, -0.15) is 13.2 Å². The van der Waals surface area contributed by atoms with Crippen LogP contribution in [0.5, 0.6) is 0 Å². The van der Waals surface area contributed by atoms with Crippen LogP contribution < -0.4 is 5.73 Å². The third-order valence-electron chi connectivity index (χ3n) is 5.11. The molecule has 134 valence electrons. The Morgan fingerprint density at radius 3 is 1.84 bits per heavy atom. The number of likely N-dealkylation sites (tertiary alicyclic amines) is 1. The highest BCUT2D eigenvalue weighted by atomic mass is 19.4. The van der Waals surface area contributed by atoms with E-state index in [1.165, 1.54) is 0 Å². The molecule has 0 bridgehead atoms. The molecule has 1 heterocycles. The van der Waals surface area contributed by atoms with Crippen LogP contribution >= 0.6 is 0 Å². The molecule has 1 atom stereocenters. The maximum absolute atomic E-state index is 13.2. The summed E-state index contributed by atoms with van der Waals surface area (Å²) in [4.78, 5) is 1.55. The van der Waals surface area contributed by atoms with E-state index in [1.807, 2.05) is 60.7 Å². The number of alkyl halides is 3. The lowest BCUT2D eigenvalue weighted by atomic mass is 9.79. The van der Waals surface area contributed by atoms with Crippen molar-refractivity contribution in [3.63, 3.8) is 0 Å². The summed E-state index contributed by atoms with van der Waals surface area (Å²) in [5.41, 5.74) is 7.72. The SMILES string of the molecule is NC1CCN(CC(F)(F)F)C1(Cc1ccccc1)Cc1ccccc1. The maximum Gasteiger partial charge on any atom is 0.401 e. The second-order valence-electron chi connectivity index (χ2n) is 6.86. The molecular weight excluding hydrogens is 325 g/mol. The summed E-state index contributed by atoms with van der Waals surface area (Å²) >= 11 is 0. The molecule has 3 rings (SSSR count). The molecule has 5 heteroatoms. The second-order valence-corrected chi connectivity index (χ2v) is 6.86. The highest BCUT2D eigenvalue weighted by molar-refractivity contribution is 5.26. The Bertz CT molecular complexity index is 629. The molecular formula is C20H23F3N2. The van der Waals surface area contributed by atoms with Gasteiger partial charge in [-0.1, -0.05) is 60.7 Å². The monoisotopic (exact) mass is 348 g/mol. The average molecular weight is 348 g/mol. The van der Waals surface area contributed by atoms with Gasteiger partial charge in [0.05, 0.1) is 6.54 Å². The summed E-state index contributed by atoms with van der Waals surface area (Å²) in [5.74, 6) is 0. The molecule has 0 amide bonds. The first kappa shape index (κ1) is 18.0. The molecule has 2 N–H and O–H groups in total. The highest BCUT2D eigenvalue weighted by Crippen LogP contribution is 2.37. The lowest BCUT2D eigenvalue weighted by molar-refractivity contribution is -0.155. The topological polar surface area (TPSA) is 29.3 Å². The van der Waals surface area contributed by atoms with E-state index in [1.54, 1.807) is 4.90 Å². The van der Waals surface area contributed by atoms with E-state index >= 15 is 0 Å². The fourth-order valence-corrected chi connectivity index (χ4v) is 3.92. The van der Waals surface area contributed by atoms with Crippen LogP contribution in [0.4, 0.5) is 13.2 Å². The van der Waals surface area contributed by atoms with E-state index in [0.717, 1.165) is 11.1 Å². The number of halogens is 3. The molecule has 2 aromatic carbocycles. The van der Waals surface area contributed by atoms with Crippen LogP contribution in [0.3, 0.4) is 0 Å². The minimum absolute atomic E-state index is 0.296. The Morgan fingerprint density at radius 1 is 0.920 bits per heavy atom. The quantitative estimate of drug-likeness (QED) is 0.890. The summed E-state index contributed by atoms with van der Waals surface area (Å²) in [6.45, 7) is -0.541. The Balaban J connectivity index is 1.97. The van der Waals surface area contributed by atoms with Crippen LogP contribution in [-0.2, 0) is 12.8 Å². The van der Waals surface area contributed by atoms with E-state index in [0.29, 0.717) is 25.8 Å². The summed E-state index contributed by atoms with van der Waals surface area (Å²) in [7, 11) is 0. The average Bonchev–Trinajstić information content (AvgIpc) is 2.84. The molecule has 2 nitrogen and oxygen atoms in total. The predicted octanol–water partition coefficient (Wildman–Crippen LogP) is 3.81. The van der Waals surface area contributed by atoms with Crippen molar-refractivity contribution in [2.75, 3.05) is 13.1 Å². The van der Waals surface area contributed by atoms with Crippen molar-refractivity contribution in [3.8, 4) is 0 Å². The lowest BCUT2D eigenvalue weighted by Crippen LogP contribution is -2.58. The predicted molar refractivity (Wildman–Crippen MR) is 93.2 cm³/mol. The molecule has 0 aromatic heterocycles. The van der Waals surface area contributed by atoms with Crippen molar-refractivity contribution >= 4 is 0 Å². The Kier molecular flexibility index (Phi) is 5.16. The standard InChI is InChI=1S/C20H23F3N2/c21-20(22,23)15-25-12-11-18(24)19(25,13-16-7-3-1-4-8-16)14-17-9-5-2-6-10-17/h1-10,18H,11-15,24H2. The van der Waals surface area contributed by atoms with Gasteiger partial charge in [-0.15, -0.1) is 0 Å². The molecule has 2 aromatic rings. The number of benzene rings is 2. The fourth-order valence-electron chi connectivity index (χ4n) is 3.92. The highest BCUT2D eigenvalue weighted by Gasteiger charge is 2.50. The van der Waals surface area contributed by atoms with E-state index in [2.05, 4.69) is 0 Å². The largest absolute Gasteiger partial charge is 0.401 e. The molecule has 1 aliphatic heterocycles. The number of hydrogen-bond acceptors (Lipinski definition) is 2. The molecule has 1 saturated heterocycles. The summed E-state index contributed by atoms with van der Waals surface area (Å²) in [6.07, 6.45) is -2.63. The fraction of sp³-hybridized carbons (Fsp3) is 0.400. The molecule has 1 fully saturated rings. The van der Waals surface area contributed by atoms with E-state index < -0.39 is 18.3 Å². The smallest absolute Gasteiger partial charge is 0.326 e. The third-order valence-corrected chi connectivity index (χ3v) is 5.11. The van der Waals surface area contributed by atoms with Gasteiger partial charge in [0, 0.05) is 18.1 Å². The Labute approximate surface area is 146 Å². The normalized spacial score (nSPS) is 20.7. The zero-order valence-electron chi connectivity index (χ0n) is 14.0. The second kappa shape index (κ2) is 7.18. The Hall–Kier alpha value is -1.85. The van der Waals surface area contributed by atoms with Gasteiger partial charge in [0.2, 0.25) is 0 Å². The van der Waals surface area contributed by atoms with Crippen molar-refractivity contribution in [2.45, 2.75) is 37.0 Å². The van der Waals surface area contributed by atoms with Crippen LogP contribution in [0, 0.1) is 0 Å². The van der Waals surface area contributed by atoms with Crippen molar-refractivity contribution in [1.82, 2.24) is 4.90 Å².